The molecule has 0 aromatic heterocycles. The minimum Gasteiger partial charge on any atom is -0.394 e. The van der Waals surface area contributed by atoms with Crippen LogP contribution < -0.4 is 5.32 Å². The quantitative estimate of drug-likeness (QED) is 0.0261. The van der Waals surface area contributed by atoms with Crippen LogP contribution in [0.2, 0.25) is 0 Å². The third-order valence-electron chi connectivity index (χ3n) is 13.7. The van der Waals surface area contributed by atoms with Crippen molar-refractivity contribution in [3.05, 3.63) is 97.2 Å². The molecule has 1 rings (SSSR count). The summed E-state index contributed by atoms with van der Waals surface area (Å²) in [6.07, 6.45) is 68.8. The summed E-state index contributed by atoms with van der Waals surface area (Å²) < 4.78 is 11.3. The van der Waals surface area contributed by atoms with Crippen LogP contribution in [0.3, 0.4) is 0 Å². The van der Waals surface area contributed by atoms with Crippen molar-refractivity contribution in [2.75, 3.05) is 13.2 Å². The minimum absolute atomic E-state index is 0.141. The van der Waals surface area contributed by atoms with Crippen molar-refractivity contribution in [1.29, 1.82) is 0 Å². The second kappa shape index (κ2) is 52.5. The SMILES string of the molecule is CC/C=C\C/C=C\C/C=C\C/C=C\C/C=C\C/C=C\C/C=C\C/C=C\CCCCCCCCCCCCCCCCC(=O)NC(COC1OC(CO)C(O)C(O)C1O)C(O)CCCCCCCCCCCCC. The Hall–Kier alpha value is -2.89. The average Bonchev–Trinajstić information content (AvgIpc) is 3.39. The maximum atomic E-state index is 13.0. The average molecular weight is 1020 g/mol. The summed E-state index contributed by atoms with van der Waals surface area (Å²) in [6.45, 7) is 3.71. The van der Waals surface area contributed by atoms with E-state index < -0.39 is 49.5 Å². The molecule has 1 aliphatic rings. The Morgan fingerprint density at radius 2 is 0.849 bits per heavy atom. The fraction of sp³-hybridized carbons (Fsp3) is 0.734. The molecule has 1 saturated heterocycles. The number of unbranched alkanes of at least 4 members (excludes halogenated alkanes) is 24. The molecular weight excluding hydrogens is 911 g/mol. The van der Waals surface area contributed by atoms with E-state index in [1.165, 1.54) is 128 Å². The Balaban J connectivity index is 2.08. The normalized spacial score (nSPS) is 19.8. The highest BCUT2D eigenvalue weighted by Crippen LogP contribution is 2.23. The number of rotatable bonds is 50. The second-order valence-corrected chi connectivity index (χ2v) is 20.4. The number of carbonyl (C=O) groups excluding carboxylic acids is 1. The Kier molecular flexibility index (Phi) is 49.0. The van der Waals surface area contributed by atoms with Crippen LogP contribution in [0.15, 0.2) is 97.2 Å². The summed E-state index contributed by atoms with van der Waals surface area (Å²) >= 11 is 0. The minimum atomic E-state index is -1.56. The van der Waals surface area contributed by atoms with E-state index in [2.05, 4.69) is 116 Å². The molecule has 1 heterocycles. The highest BCUT2D eigenvalue weighted by atomic mass is 16.7. The van der Waals surface area contributed by atoms with E-state index in [0.29, 0.717) is 12.8 Å². The molecule has 0 saturated carbocycles. The number of carbonyl (C=O) groups is 1. The van der Waals surface area contributed by atoms with Gasteiger partial charge in [-0.05, 0) is 77.0 Å². The van der Waals surface area contributed by atoms with Gasteiger partial charge in [0.25, 0.3) is 0 Å². The summed E-state index contributed by atoms with van der Waals surface area (Å²) in [4.78, 5) is 13.0. The predicted molar refractivity (Wildman–Crippen MR) is 308 cm³/mol. The first-order valence-corrected chi connectivity index (χ1v) is 29.9. The molecule has 0 aromatic carbocycles. The first-order valence-electron chi connectivity index (χ1n) is 29.9. The summed E-state index contributed by atoms with van der Waals surface area (Å²) in [5.41, 5.74) is 0. The van der Waals surface area contributed by atoms with Crippen molar-refractivity contribution in [2.45, 2.75) is 288 Å². The van der Waals surface area contributed by atoms with Gasteiger partial charge >= 0.3 is 0 Å². The largest absolute Gasteiger partial charge is 0.394 e. The van der Waals surface area contributed by atoms with Crippen LogP contribution in [-0.2, 0) is 14.3 Å². The van der Waals surface area contributed by atoms with Gasteiger partial charge in [-0.25, -0.2) is 0 Å². The van der Waals surface area contributed by atoms with Crippen molar-refractivity contribution in [2.24, 2.45) is 0 Å². The first kappa shape index (κ1) is 68.1. The highest BCUT2D eigenvalue weighted by Gasteiger charge is 2.44. The van der Waals surface area contributed by atoms with Crippen LogP contribution in [0.4, 0.5) is 0 Å². The molecular formula is C64H111NO8. The lowest BCUT2D eigenvalue weighted by atomic mass is 9.99. The zero-order valence-corrected chi connectivity index (χ0v) is 46.6. The maximum absolute atomic E-state index is 13.0. The van der Waals surface area contributed by atoms with Gasteiger partial charge in [0, 0.05) is 6.42 Å². The lowest BCUT2D eigenvalue weighted by molar-refractivity contribution is -0.302. The Morgan fingerprint density at radius 3 is 1.26 bits per heavy atom. The maximum Gasteiger partial charge on any atom is 0.220 e. The van der Waals surface area contributed by atoms with Crippen LogP contribution in [0.25, 0.3) is 0 Å². The number of aliphatic hydroxyl groups is 5. The first-order chi connectivity index (χ1) is 35.8. The number of nitrogens with one attached hydrogen (secondary N) is 1. The van der Waals surface area contributed by atoms with E-state index >= 15 is 0 Å². The van der Waals surface area contributed by atoms with Gasteiger partial charge in [0.05, 0.1) is 25.4 Å². The molecule has 1 aliphatic heterocycles. The zero-order chi connectivity index (χ0) is 52.9. The summed E-state index contributed by atoms with van der Waals surface area (Å²) in [5, 5.41) is 54.5. The molecule has 1 fully saturated rings. The molecule has 0 bridgehead atoms. The number of aliphatic hydroxyl groups excluding tert-OH is 5. The molecule has 6 N–H and O–H groups in total. The van der Waals surface area contributed by atoms with Crippen LogP contribution in [0, 0.1) is 0 Å². The molecule has 0 aliphatic carbocycles. The topological polar surface area (TPSA) is 149 Å². The number of amides is 1. The number of allylic oxidation sites excluding steroid dienone is 16. The van der Waals surface area contributed by atoms with Gasteiger partial charge in [0.2, 0.25) is 5.91 Å². The van der Waals surface area contributed by atoms with Crippen molar-refractivity contribution in [3.63, 3.8) is 0 Å². The molecule has 0 radical (unpaired) electrons. The van der Waals surface area contributed by atoms with Gasteiger partial charge in [0.1, 0.15) is 24.4 Å². The van der Waals surface area contributed by atoms with Crippen LogP contribution in [0.1, 0.15) is 245 Å². The second-order valence-electron chi connectivity index (χ2n) is 20.4. The van der Waals surface area contributed by atoms with E-state index in [0.717, 1.165) is 89.9 Å². The van der Waals surface area contributed by atoms with E-state index in [1.807, 2.05) is 0 Å². The van der Waals surface area contributed by atoms with Gasteiger partial charge in [-0.3, -0.25) is 4.79 Å². The number of hydrogen-bond donors (Lipinski definition) is 6. The van der Waals surface area contributed by atoms with Crippen LogP contribution >= 0.6 is 0 Å². The van der Waals surface area contributed by atoms with Gasteiger partial charge in [-0.1, -0.05) is 259 Å². The third-order valence-corrected chi connectivity index (χ3v) is 13.7. The summed E-state index contributed by atoms with van der Waals surface area (Å²) in [5.74, 6) is -0.149. The van der Waals surface area contributed by atoms with Crippen molar-refractivity contribution >= 4 is 5.91 Å². The molecule has 9 nitrogen and oxygen atoms in total. The molecule has 420 valence electrons. The molecule has 9 heteroatoms. The molecule has 0 aromatic rings. The Bertz CT molecular complexity index is 1460. The standard InChI is InChI=1S/C64H111NO8/c1-3-5-7-9-11-13-15-16-17-18-19-20-21-22-23-24-25-26-27-28-29-30-31-32-33-34-35-36-37-38-39-40-41-42-44-46-48-50-52-54-60(68)65-57(56-72-64-63(71)62(70)61(69)59(55-66)73-64)58(67)53-51-49-47-45-43-14-12-10-8-6-4-2/h5,7,11,13,16-17,19-20,22-23,25-26,28-29,31-32,57-59,61-64,66-67,69-71H,3-4,6,8-10,12,14-15,18,21,24,27,30,33-56H2,1-2H3,(H,65,68)/b7-5-,13-11-,17-16-,20-19-,23-22-,26-25-,29-28-,32-31-. The Morgan fingerprint density at radius 1 is 0.479 bits per heavy atom. The molecule has 1 amide bonds. The summed E-state index contributed by atoms with van der Waals surface area (Å²) in [7, 11) is 0. The number of hydrogen-bond acceptors (Lipinski definition) is 8. The molecule has 7 atom stereocenters. The fourth-order valence-electron chi connectivity index (χ4n) is 9.00. The smallest absolute Gasteiger partial charge is 0.220 e. The fourth-order valence-corrected chi connectivity index (χ4v) is 9.00. The van der Waals surface area contributed by atoms with E-state index in [1.54, 1.807) is 0 Å². The van der Waals surface area contributed by atoms with Crippen LogP contribution in [-0.4, -0.2) is 87.5 Å². The van der Waals surface area contributed by atoms with Gasteiger partial charge in [0.15, 0.2) is 6.29 Å². The number of ether oxygens (including phenoxy) is 2. The molecule has 0 spiro atoms. The summed E-state index contributed by atoms with van der Waals surface area (Å²) in [6, 6.07) is -0.722. The van der Waals surface area contributed by atoms with Crippen LogP contribution in [0.5, 0.6) is 0 Å². The monoisotopic (exact) mass is 1020 g/mol. The predicted octanol–water partition coefficient (Wildman–Crippen LogP) is 15.2. The van der Waals surface area contributed by atoms with Gasteiger partial charge in [-0.2, -0.15) is 0 Å². The van der Waals surface area contributed by atoms with Crippen molar-refractivity contribution in [1.82, 2.24) is 5.32 Å². The van der Waals surface area contributed by atoms with E-state index in [4.69, 9.17) is 9.47 Å². The van der Waals surface area contributed by atoms with Gasteiger partial charge in [-0.15, -0.1) is 0 Å². The lowest BCUT2D eigenvalue weighted by Crippen LogP contribution is -2.60. The molecule has 7 unspecified atom stereocenters. The van der Waals surface area contributed by atoms with E-state index in [-0.39, 0.29) is 12.5 Å². The van der Waals surface area contributed by atoms with Crippen molar-refractivity contribution < 1.29 is 39.8 Å². The van der Waals surface area contributed by atoms with Gasteiger partial charge < -0.3 is 40.3 Å². The zero-order valence-electron chi connectivity index (χ0n) is 46.6. The highest BCUT2D eigenvalue weighted by molar-refractivity contribution is 5.76. The molecule has 73 heavy (non-hydrogen) atoms. The Labute approximate surface area is 447 Å². The van der Waals surface area contributed by atoms with Crippen molar-refractivity contribution in [3.8, 4) is 0 Å². The third kappa shape index (κ3) is 42.0. The lowest BCUT2D eigenvalue weighted by Gasteiger charge is -2.40. The van der Waals surface area contributed by atoms with E-state index in [9.17, 15) is 30.3 Å².